The molecule has 0 aliphatic carbocycles. The molecule has 9 heavy (non-hydrogen) atoms. The first-order chi connectivity index (χ1) is 4.33. The van der Waals surface area contributed by atoms with Crippen LogP contribution in [0.2, 0.25) is 0 Å². The first-order valence-corrected chi connectivity index (χ1v) is 2.48. The van der Waals surface area contributed by atoms with Crippen LogP contribution >= 0.6 is 0 Å². The summed E-state index contributed by atoms with van der Waals surface area (Å²) >= 11 is 0. The Hall–Kier alpha value is -1.43. The summed E-state index contributed by atoms with van der Waals surface area (Å²) in [6, 6.07) is 1.86. The van der Waals surface area contributed by atoms with E-state index in [1.807, 2.05) is 6.07 Å². The fraction of sp³-hybridized carbons (Fsp3) is 0.167. The minimum absolute atomic E-state index is 0.103. The van der Waals surface area contributed by atoms with Crippen molar-refractivity contribution in [3.8, 4) is 6.07 Å². The van der Waals surface area contributed by atoms with Gasteiger partial charge < -0.3 is 0 Å². The van der Waals surface area contributed by atoms with Crippen LogP contribution in [0.5, 0.6) is 0 Å². The third kappa shape index (κ3) is 1.23. The Morgan fingerprint density at radius 3 is 3.00 bits per heavy atom. The number of carbonyl (C=O) groups is 1. The molecule has 0 saturated carbocycles. The zero-order valence-corrected chi connectivity index (χ0v) is 4.66. The predicted molar refractivity (Wildman–Crippen MR) is 31.8 cm³/mol. The number of nitriles is 1. The summed E-state index contributed by atoms with van der Waals surface area (Å²) < 4.78 is 0. The lowest BCUT2D eigenvalue weighted by molar-refractivity contribution is -0.112. The van der Waals surface area contributed by atoms with E-state index in [1.54, 1.807) is 0 Å². The Morgan fingerprint density at radius 2 is 2.56 bits per heavy atom. The van der Waals surface area contributed by atoms with Crippen molar-refractivity contribution in [1.29, 1.82) is 5.26 Å². The predicted octanol–water partition coefficient (Wildman–Crippen LogP) is 0.437. The number of allylic oxidation sites excluding steroid dienone is 1. The second-order valence-electron chi connectivity index (χ2n) is 1.69. The monoisotopic (exact) mass is 120 g/mol. The molecule has 1 rings (SSSR count). The largest absolute Gasteiger partial charge is 0.293 e. The molecule has 0 bridgehead atoms. The van der Waals surface area contributed by atoms with Crippen LogP contribution in [0.3, 0.4) is 0 Å². The second-order valence-corrected chi connectivity index (χ2v) is 1.69. The molecule has 0 saturated heterocycles. The summed E-state index contributed by atoms with van der Waals surface area (Å²) in [4.78, 5) is 14.0. The van der Waals surface area contributed by atoms with Crippen LogP contribution < -0.4 is 0 Å². The normalized spacial score (nSPS) is 16.8. The Balaban J connectivity index is 2.80. The summed E-state index contributed by atoms with van der Waals surface area (Å²) in [6.45, 7) is 0. The number of nitrogens with zero attached hydrogens (tertiary/aromatic N) is 2. The van der Waals surface area contributed by atoms with Crippen LogP contribution in [0.1, 0.15) is 6.42 Å². The lowest BCUT2D eigenvalue weighted by atomic mass is 10.1. The van der Waals surface area contributed by atoms with E-state index in [0.717, 1.165) is 0 Å². The van der Waals surface area contributed by atoms with E-state index in [4.69, 9.17) is 5.26 Å². The Labute approximate surface area is 52.3 Å². The zero-order chi connectivity index (χ0) is 6.69. The number of carbonyl (C=O) groups excluding carboxylic acids is 1. The average molecular weight is 120 g/mol. The van der Waals surface area contributed by atoms with Crippen molar-refractivity contribution in [3.63, 3.8) is 0 Å². The number of Topliss-reactive ketones (excluding diaryl/α,β-unsaturated/α-hetero) is 1. The smallest absolute Gasteiger partial charge is 0.178 e. The number of hydrogen-bond donors (Lipinski definition) is 0. The molecule has 0 N–H and O–H groups in total. The van der Waals surface area contributed by atoms with E-state index in [-0.39, 0.29) is 12.2 Å². The molecule has 3 nitrogen and oxygen atoms in total. The maximum atomic E-state index is 10.5. The van der Waals surface area contributed by atoms with E-state index in [0.29, 0.717) is 5.57 Å². The van der Waals surface area contributed by atoms with E-state index >= 15 is 0 Å². The van der Waals surface area contributed by atoms with Crippen molar-refractivity contribution in [2.45, 2.75) is 6.42 Å². The van der Waals surface area contributed by atoms with Gasteiger partial charge in [0.1, 0.15) is 0 Å². The quantitative estimate of drug-likeness (QED) is 0.465. The van der Waals surface area contributed by atoms with Crippen LogP contribution in [-0.2, 0) is 4.79 Å². The van der Waals surface area contributed by atoms with Crippen LogP contribution in [0, 0.1) is 11.3 Å². The van der Waals surface area contributed by atoms with Gasteiger partial charge in [0.2, 0.25) is 0 Å². The SMILES string of the molecule is N#CC1=CN=CC(=O)C1. The summed E-state index contributed by atoms with van der Waals surface area (Å²) in [5.74, 6) is -0.103. The Bertz CT molecular complexity index is 232. The molecule has 0 radical (unpaired) electrons. The molecule has 1 heterocycles. The fourth-order valence-electron chi connectivity index (χ4n) is 0.558. The molecule has 0 unspecified atom stereocenters. The Kier molecular flexibility index (Phi) is 1.41. The molecule has 0 amide bonds. The number of aliphatic imine (C=N–C) groups is 1. The van der Waals surface area contributed by atoms with Crippen molar-refractivity contribution < 1.29 is 4.79 Å². The van der Waals surface area contributed by atoms with Crippen molar-refractivity contribution >= 4 is 12.0 Å². The lowest BCUT2D eigenvalue weighted by Gasteiger charge is -1.95. The Morgan fingerprint density at radius 1 is 1.78 bits per heavy atom. The summed E-state index contributed by atoms with van der Waals surface area (Å²) in [6.07, 6.45) is 2.84. The van der Waals surface area contributed by atoms with Gasteiger partial charge in [-0.05, 0) is 0 Å². The van der Waals surface area contributed by atoms with Crippen molar-refractivity contribution in [2.24, 2.45) is 4.99 Å². The maximum absolute atomic E-state index is 10.5. The first kappa shape index (κ1) is 5.70. The van der Waals surface area contributed by atoms with E-state index < -0.39 is 0 Å². The van der Waals surface area contributed by atoms with Gasteiger partial charge in [-0.3, -0.25) is 9.79 Å². The molecule has 44 valence electrons. The van der Waals surface area contributed by atoms with Crippen molar-refractivity contribution in [3.05, 3.63) is 11.8 Å². The lowest BCUT2D eigenvalue weighted by Crippen LogP contribution is -2.03. The van der Waals surface area contributed by atoms with Gasteiger partial charge in [0.15, 0.2) is 5.78 Å². The van der Waals surface area contributed by atoms with Crippen LogP contribution in [0.4, 0.5) is 0 Å². The molecule has 0 aromatic heterocycles. The van der Waals surface area contributed by atoms with Crippen molar-refractivity contribution in [1.82, 2.24) is 0 Å². The van der Waals surface area contributed by atoms with Gasteiger partial charge in [0.25, 0.3) is 0 Å². The highest BCUT2D eigenvalue weighted by Gasteiger charge is 2.05. The number of rotatable bonds is 0. The maximum Gasteiger partial charge on any atom is 0.178 e. The summed E-state index contributed by atoms with van der Waals surface area (Å²) in [5.41, 5.74) is 0.433. The van der Waals surface area contributed by atoms with Gasteiger partial charge >= 0.3 is 0 Å². The fourth-order valence-corrected chi connectivity index (χ4v) is 0.558. The summed E-state index contributed by atoms with van der Waals surface area (Å²) in [7, 11) is 0. The molecule has 0 fully saturated rings. The highest BCUT2D eigenvalue weighted by Crippen LogP contribution is 2.03. The zero-order valence-electron chi connectivity index (χ0n) is 4.66. The third-order valence-electron chi connectivity index (χ3n) is 0.957. The molecule has 0 spiro atoms. The van der Waals surface area contributed by atoms with E-state index in [2.05, 4.69) is 4.99 Å². The van der Waals surface area contributed by atoms with Crippen molar-refractivity contribution in [2.75, 3.05) is 0 Å². The van der Waals surface area contributed by atoms with Gasteiger partial charge in [0, 0.05) is 12.6 Å². The van der Waals surface area contributed by atoms with E-state index in [1.165, 1.54) is 12.4 Å². The van der Waals surface area contributed by atoms with Gasteiger partial charge in [-0.15, -0.1) is 0 Å². The molecule has 3 heteroatoms. The topological polar surface area (TPSA) is 53.2 Å². The number of hydrogen-bond acceptors (Lipinski definition) is 3. The van der Waals surface area contributed by atoms with E-state index in [9.17, 15) is 4.79 Å². The minimum Gasteiger partial charge on any atom is -0.293 e. The van der Waals surface area contributed by atoms with Gasteiger partial charge in [-0.1, -0.05) is 0 Å². The second kappa shape index (κ2) is 2.23. The van der Waals surface area contributed by atoms with Crippen LogP contribution in [0.25, 0.3) is 0 Å². The van der Waals surface area contributed by atoms with Crippen LogP contribution in [0.15, 0.2) is 16.8 Å². The number of ketones is 1. The van der Waals surface area contributed by atoms with Crippen LogP contribution in [-0.4, -0.2) is 12.0 Å². The molecule has 0 aromatic rings. The third-order valence-corrected chi connectivity index (χ3v) is 0.957. The standard InChI is InChI=1S/C6H4N2O/c7-2-5-1-6(9)4-8-3-5/h3-4H,1H2. The molecular weight excluding hydrogens is 116 g/mol. The first-order valence-electron chi connectivity index (χ1n) is 2.48. The molecule has 0 atom stereocenters. The molecule has 1 aliphatic rings. The summed E-state index contributed by atoms with van der Waals surface area (Å²) in [5, 5.41) is 8.26. The molecule has 0 aromatic carbocycles. The van der Waals surface area contributed by atoms with Gasteiger partial charge in [-0.25, -0.2) is 0 Å². The molecular formula is C6H4N2O. The van der Waals surface area contributed by atoms with Gasteiger partial charge in [0.05, 0.1) is 17.9 Å². The minimum atomic E-state index is -0.103. The molecule has 1 aliphatic heterocycles. The highest BCUT2D eigenvalue weighted by atomic mass is 16.1. The average Bonchev–Trinajstić information content (AvgIpc) is 1.88. The van der Waals surface area contributed by atoms with Gasteiger partial charge in [-0.2, -0.15) is 5.26 Å². The highest BCUT2D eigenvalue weighted by molar-refractivity contribution is 6.29.